The number of urea groups is 1. The Kier molecular flexibility index (Phi) is 3.37. The lowest BCUT2D eigenvalue weighted by Crippen LogP contribution is -2.31. The van der Waals surface area contributed by atoms with Gasteiger partial charge in [0.05, 0.1) is 0 Å². The van der Waals surface area contributed by atoms with Crippen molar-refractivity contribution in [2.75, 3.05) is 10.2 Å². The highest BCUT2D eigenvalue weighted by molar-refractivity contribution is 5.88. The molecule has 6 heteroatoms. The number of carbonyl (C=O) groups is 1. The fourth-order valence-corrected chi connectivity index (χ4v) is 3.00. The summed E-state index contributed by atoms with van der Waals surface area (Å²) < 4.78 is 0. The van der Waals surface area contributed by atoms with Crippen molar-refractivity contribution in [1.29, 1.82) is 0 Å². The predicted octanol–water partition coefficient (Wildman–Crippen LogP) is 2.84. The van der Waals surface area contributed by atoms with E-state index in [1.165, 1.54) is 11.3 Å². The van der Waals surface area contributed by atoms with Crippen LogP contribution in [0.2, 0.25) is 0 Å². The maximum atomic E-state index is 11.7. The largest absolute Gasteiger partial charge is 0.335 e. The molecule has 118 valence electrons. The third kappa shape index (κ3) is 2.84. The van der Waals surface area contributed by atoms with E-state index >= 15 is 0 Å². The second-order valence-corrected chi connectivity index (χ2v) is 6.20. The summed E-state index contributed by atoms with van der Waals surface area (Å²) in [4.78, 5) is 13.9. The molecule has 1 aliphatic carbocycles. The monoisotopic (exact) mass is 309 g/mol. The van der Waals surface area contributed by atoms with Gasteiger partial charge >= 0.3 is 6.03 Å². The van der Waals surface area contributed by atoms with E-state index in [0.717, 1.165) is 25.1 Å². The third-order valence-corrected chi connectivity index (χ3v) is 4.26. The standard InChI is InChI=1S/C17H19N5O/c1-11-10-12-4-2-3-5-14(12)22(11)16-9-8-15(20-21-16)19-17(23)18-13-6-7-13/h2-5,8-9,11,13H,6-7,10H2,1H3,(H2,18,19,20,23). The molecule has 0 spiro atoms. The zero-order valence-corrected chi connectivity index (χ0v) is 13.0. The zero-order chi connectivity index (χ0) is 15.8. The molecule has 2 amide bonds. The lowest BCUT2D eigenvalue weighted by Gasteiger charge is -2.23. The Morgan fingerprint density at radius 2 is 2.00 bits per heavy atom. The SMILES string of the molecule is CC1Cc2ccccc2N1c1ccc(NC(=O)NC2CC2)nn1. The van der Waals surface area contributed by atoms with Crippen molar-refractivity contribution in [1.82, 2.24) is 15.5 Å². The van der Waals surface area contributed by atoms with E-state index in [-0.39, 0.29) is 6.03 Å². The number of aromatic nitrogens is 2. The Labute approximate surface area is 134 Å². The van der Waals surface area contributed by atoms with Gasteiger partial charge in [0, 0.05) is 17.8 Å². The first-order valence-corrected chi connectivity index (χ1v) is 7.99. The van der Waals surface area contributed by atoms with Crippen LogP contribution in [0.3, 0.4) is 0 Å². The molecule has 23 heavy (non-hydrogen) atoms. The molecule has 2 aliphatic rings. The van der Waals surface area contributed by atoms with Crippen molar-refractivity contribution >= 4 is 23.4 Å². The molecule has 1 fully saturated rings. The first kappa shape index (κ1) is 14.0. The number of benzene rings is 1. The first-order valence-electron chi connectivity index (χ1n) is 7.99. The van der Waals surface area contributed by atoms with E-state index < -0.39 is 0 Å². The molecule has 2 aromatic rings. The topological polar surface area (TPSA) is 70.2 Å². The Balaban J connectivity index is 1.50. The van der Waals surface area contributed by atoms with Crippen LogP contribution in [0.15, 0.2) is 36.4 Å². The average Bonchev–Trinajstić information content (AvgIpc) is 3.28. The van der Waals surface area contributed by atoms with E-state index in [2.05, 4.69) is 50.9 Å². The molecule has 6 nitrogen and oxygen atoms in total. The molecule has 2 N–H and O–H groups in total. The summed E-state index contributed by atoms with van der Waals surface area (Å²) in [7, 11) is 0. The molecule has 1 aromatic heterocycles. The van der Waals surface area contributed by atoms with E-state index in [0.29, 0.717) is 17.9 Å². The van der Waals surface area contributed by atoms with Crippen LogP contribution in [0, 0.1) is 0 Å². The summed E-state index contributed by atoms with van der Waals surface area (Å²) >= 11 is 0. The van der Waals surface area contributed by atoms with Crippen LogP contribution in [0.25, 0.3) is 0 Å². The maximum Gasteiger partial charge on any atom is 0.320 e. The zero-order valence-electron chi connectivity index (χ0n) is 13.0. The van der Waals surface area contributed by atoms with Crippen LogP contribution in [0.1, 0.15) is 25.3 Å². The van der Waals surface area contributed by atoms with E-state index in [1.807, 2.05) is 12.1 Å². The minimum Gasteiger partial charge on any atom is -0.335 e. The lowest BCUT2D eigenvalue weighted by molar-refractivity contribution is 0.251. The summed E-state index contributed by atoms with van der Waals surface area (Å²) in [5, 5.41) is 14.0. The maximum absolute atomic E-state index is 11.7. The summed E-state index contributed by atoms with van der Waals surface area (Å²) in [6, 6.07) is 12.5. The molecule has 0 bridgehead atoms. The molecule has 1 atom stereocenters. The number of para-hydroxylation sites is 1. The van der Waals surface area contributed by atoms with Gasteiger partial charge in [-0.2, -0.15) is 0 Å². The number of carbonyl (C=O) groups excluding carboxylic acids is 1. The van der Waals surface area contributed by atoms with Crippen LogP contribution in [0.4, 0.5) is 22.1 Å². The quantitative estimate of drug-likeness (QED) is 0.914. The molecule has 0 saturated heterocycles. The van der Waals surface area contributed by atoms with Crippen molar-refractivity contribution in [3.63, 3.8) is 0 Å². The van der Waals surface area contributed by atoms with Gasteiger partial charge in [-0.05, 0) is 49.9 Å². The number of hydrogen-bond acceptors (Lipinski definition) is 4. The number of rotatable bonds is 3. The van der Waals surface area contributed by atoms with Crippen molar-refractivity contribution < 1.29 is 4.79 Å². The normalized spacial score (nSPS) is 19.3. The number of anilines is 3. The summed E-state index contributed by atoms with van der Waals surface area (Å²) in [6.07, 6.45) is 3.12. The van der Waals surface area contributed by atoms with E-state index in [4.69, 9.17) is 0 Å². The molecule has 1 saturated carbocycles. The Hall–Kier alpha value is -2.63. The van der Waals surface area contributed by atoms with Crippen molar-refractivity contribution in [2.45, 2.75) is 38.3 Å². The second kappa shape index (κ2) is 5.53. The van der Waals surface area contributed by atoms with Crippen LogP contribution in [-0.2, 0) is 6.42 Å². The van der Waals surface area contributed by atoms with Gasteiger partial charge in [0.15, 0.2) is 11.6 Å². The minimum absolute atomic E-state index is 0.213. The molecular weight excluding hydrogens is 290 g/mol. The summed E-state index contributed by atoms with van der Waals surface area (Å²) in [6.45, 7) is 2.18. The molecule has 2 heterocycles. The van der Waals surface area contributed by atoms with Gasteiger partial charge in [-0.1, -0.05) is 18.2 Å². The van der Waals surface area contributed by atoms with Crippen molar-refractivity contribution in [3.8, 4) is 0 Å². The fraction of sp³-hybridized carbons (Fsp3) is 0.353. The molecule has 1 unspecified atom stereocenters. The van der Waals surface area contributed by atoms with Crippen molar-refractivity contribution in [2.24, 2.45) is 0 Å². The number of nitrogens with one attached hydrogen (secondary N) is 2. The van der Waals surface area contributed by atoms with Crippen LogP contribution >= 0.6 is 0 Å². The van der Waals surface area contributed by atoms with Gasteiger partial charge in [0.1, 0.15) is 0 Å². The Morgan fingerprint density at radius 1 is 1.17 bits per heavy atom. The molecule has 1 aliphatic heterocycles. The van der Waals surface area contributed by atoms with Gasteiger partial charge in [-0.3, -0.25) is 5.32 Å². The highest BCUT2D eigenvalue weighted by atomic mass is 16.2. The van der Waals surface area contributed by atoms with Crippen molar-refractivity contribution in [3.05, 3.63) is 42.0 Å². The Morgan fingerprint density at radius 3 is 2.74 bits per heavy atom. The highest BCUT2D eigenvalue weighted by Crippen LogP contribution is 2.36. The van der Waals surface area contributed by atoms with E-state index in [1.54, 1.807) is 6.07 Å². The van der Waals surface area contributed by atoms with Crippen LogP contribution < -0.4 is 15.5 Å². The van der Waals surface area contributed by atoms with Gasteiger partial charge in [-0.15, -0.1) is 10.2 Å². The minimum atomic E-state index is -0.213. The fourth-order valence-electron chi connectivity index (χ4n) is 3.00. The van der Waals surface area contributed by atoms with Gasteiger partial charge in [0.2, 0.25) is 0 Å². The number of amides is 2. The molecule has 4 rings (SSSR count). The summed E-state index contributed by atoms with van der Waals surface area (Å²) in [5.74, 6) is 1.27. The Bertz CT molecular complexity index is 726. The van der Waals surface area contributed by atoms with Crippen LogP contribution in [0.5, 0.6) is 0 Å². The third-order valence-electron chi connectivity index (χ3n) is 4.26. The van der Waals surface area contributed by atoms with E-state index in [9.17, 15) is 4.79 Å². The van der Waals surface area contributed by atoms with Crippen LogP contribution in [-0.4, -0.2) is 28.3 Å². The average molecular weight is 309 g/mol. The number of fused-ring (bicyclic) bond motifs is 1. The highest BCUT2D eigenvalue weighted by Gasteiger charge is 2.28. The first-order chi connectivity index (χ1) is 11.2. The molecular formula is C17H19N5O. The summed E-state index contributed by atoms with van der Waals surface area (Å²) in [5.41, 5.74) is 2.51. The smallest absolute Gasteiger partial charge is 0.320 e. The molecule has 0 radical (unpaired) electrons. The number of hydrogen-bond donors (Lipinski definition) is 2. The second-order valence-electron chi connectivity index (χ2n) is 6.20. The molecule has 1 aromatic carbocycles. The van der Waals surface area contributed by atoms with Gasteiger partial charge < -0.3 is 10.2 Å². The predicted molar refractivity (Wildman–Crippen MR) is 89.0 cm³/mol. The van der Waals surface area contributed by atoms with Gasteiger partial charge in [-0.25, -0.2) is 4.79 Å². The lowest BCUT2D eigenvalue weighted by atomic mass is 10.1. The number of nitrogens with zero attached hydrogens (tertiary/aromatic N) is 3. The van der Waals surface area contributed by atoms with Gasteiger partial charge in [0.25, 0.3) is 0 Å².